The second-order valence-corrected chi connectivity index (χ2v) is 8.35. The van der Waals surface area contributed by atoms with E-state index in [1.54, 1.807) is 36.4 Å². The van der Waals surface area contributed by atoms with E-state index in [4.69, 9.17) is 26.5 Å². The first-order valence-corrected chi connectivity index (χ1v) is 10.8. The molecule has 3 aromatic rings. The summed E-state index contributed by atoms with van der Waals surface area (Å²) in [6.07, 6.45) is 1.44. The molecule has 1 aromatic heterocycles. The first kappa shape index (κ1) is 20.9. The van der Waals surface area contributed by atoms with Gasteiger partial charge in [0.05, 0.1) is 16.2 Å². The van der Waals surface area contributed by atoms with Crippen molar-refractivity contribution in [3.63, 3.8) is 0 Å². The number of aromatic carboxylic acids is 1. The lowest BCUT2D eigenvalue weighted by atomic mass is 10.1. The van der Waals surface area contributed by atoms with Crippen LogP contribution in [0.5, 0.6) is 0 Å². The molecule has 0 fully saturated rings. The first-order valence-electron chi connectivity index (χ1n) is 9.59. The molecule has 0 aliphatic carbocycles. The SMILES string of the molecule is N=C1/C(=C\c2ccc(-c3ccc(C(=O)O)cc3)o2)C(=O)N=C2SC(c3ccccc3Cl)=NN12. The Bertz CT molecular complexity index is 1420. The second kappa shape index (κ2) is 8.19. The summed E-state index contributed by atoms with van der Waals surface area (Å²) in [7, 11) is 0. The van der Waals surface area contributed by atoms with Crippen LogP contribution < -0.4 is 0 Å². The van der Waals surface area contributed by atoms with Gasteiger partial charge in [-0.15, -0.1) is 0 Å². The average Bonchev–Trinajstić information content (AvgIpc) is 3.44. The molecule has 0 unspecified atom stereocenters. The molecule has 33 heavy (non-hydrogen) atoms. The third-order valence-corrected chi connectivity index (χ3v) is 6.16. The van der Waals surface area contributed by atoms with Crippen LogP contribution in [-0.4, -0.2) is 38.0 Å². The summed E-state index contributed by atoms with van der Waals surface area (Å²) in [5.74, 6) is -0.864. The normalized spacial score (nSPS) is 16.6. The standard InChI is InChI=1S/C23H13ClN4O4S/c24-17-4-2-1-3-15(17)21-27-28-19(25)16(20(29)26-23(28)33-21)11-14-9-10-18(32-14)12-5-7-13(8-6-12)22(30)31/h1-11,25H,(H,30,31)/b16-11+,25-19?. The lowest BCUT2D eigenvalue weighted by Gasteiger charge is -2.19. The summed E-state index contributed by atoms with van der Waals surface area (Å²) < 4.78 is 5.79. The van der Waals surface area contributed by atoms with Crippen molar-refractivity contribution in [1.82, 2.24) is 5.01 Å². The molecule has 5 rings (SSSR count). The van der Waals surface area contributed by atoms with Gasteiger partial charge in [0.1, 0.15) is 16.6 Å². The Kier molecular flexibility index (Phi) is 5.20. The highest BCUT2D eigenvalue weighted by Crippen LogP contribution is 2.33. The number of carbonyl (C=O) groups is 2. The number of carboxylic acids is 1. The smallest absolute Gasteiger partial charge is 0.335 e. The summed E-state index contributed by atoms with van der Waals surface area (Å²) >= 11 is 7.42. The van der Waals surface area contributed by atoms with Crippen molar-refractivity contribution in [3.05, 3.63) is 88.1 Å². The molecular formula is C23H13ClN4O4S. The quantitative estimate of drug-likeness (QED) is 0.513. The Morgan fingerprint density at radius 2 is 1.88 bits per heavy atom. The van der Waals surface area contributed by atoms with Crippen molar-refractivity contribution in [1.29, 1.82) is 5.41 Å². The first-order chi connectivity index (χ1) is 15.9. The Balaban J connectivity index is 1.43. The van der Waals surface area contributed by atoms with Crippen molar-refractivity contribution < 1.29 is 19.1 Å². The molecule has 8 nitrogen and oxygen atoms in total. The van der Waals surface area contributed by atoms with E-state index >= 15 is 0 Å². The molecule has 1 amide bonds. The van der Waals surface area contributed by atoms with Crippen LogP contribution in [0.2, 0.25) is 5.02 Å². The van der Waals surface area contributed by atoms with Crippen LogP contribution >= 0.6 is 23.4 Å². The number of thioether (sulfide) groups is 1. The van der Waals surface area contributed by atoms with Crippen molar-refractivity contribution in [3.8, 4) is 11.3 Å². The Morgan fingerprint density at radius 3 is 2.61 bits per heavy atom. The number of fused-ring (bicyclic) bond motifs is 1. The fraction of sp³-hybridized carbons (Fsp3) is 0. The van der Waals surface area contributed by atoms with E-state index in [0.29, 0.717) is 32.7 Å². The molecule has 0 spiro atoms. The minimum Gasteiger partial charge on any atom is -0.478 e. The Morgan fingerprint density at radius 1 is 1.12 bits per heavy atom. The number of rotatable bonds is 4. The molecule has 0 saturated carbocycles. The van der Waals surface area contributed by atoms with Gasteiger partial charge >= 0.3 is 5.97 Å². The van der Waals surface area contributed by atoms with Gasteiger partial charge < -0.3 is 9.52 Å². The molecule has 0 atom stereocenters. The predicted octanol–water partition coefficient (Wildman–Crippen LogP) is 4.97. The highest BCUT2D eigenvalue weighted by Gasteiger charge is 2.36. The molecule has 2 aliphatic rings. The number of benzene rings is 2. The summed E-state index contributed by atoms with van der Waals surface area (Å²) in [5, 5.41) is 24.6. The van der Waals surface area contributed by atoms with Crippen molar-refractivity contribution in [2.24, 2.45) is 10.1 Å². The average molecular weight is 477 g/mol. The zero-order chi connectivity index (χ0) is 23.1. The number of halogens is 1. The van der Waals surface area contributed by atoms with Gasteiger partial charge in [-0.3, -0.25) is 10.2 Å². The Labute approximate surface area is 196 Å². The lowest BCUT2D eigenvalue weighted by Crippen LogP contribution is -2.35. The molecule has 10 heteroatoms. The maximum absolute atomic E-state index is 12.6. The third kappa shape index (κ3) is 3.88. The van der Waals surface area contributed by atoms with E-state index in [2.05, 4.69) is 10.1 Å². The highest BCUT2D eigenvalue weighted by atomic mass is 35.5. The van der Waals surface area contributed by atoms with Crippen molar-refractivity contribution in [2.75, 3.05) is 0 Å². The monoisotopic (exact) mass is 476 g/mol. The van der Waals surface area contributed by atoms with E-state index in [0.717, 1.165) is 0 Å². The minimum atomic E-state index is -1.01. The van der Waals surface area contributed by atoms with Gasteiger partial charge in [0.25, 0.3) is 5.91 Å². The van der Waals surface area contributed by atoms with E-state index in [-0.39, 0.29) is 22.1 Å². The number of hydrogen-bond acceptors (Lipinski definition) is 6. The van der Waals surface area contributed by atoms with Gasteiger partial charge in [-0.1, -0.05) is 41.9 Å². The van der Waals surface area contributed by atoms with Crippen LogP contribution in [0.15, 0.2) is 80.7 Å². The topological polar surface area (TPSA) is 119 Å². The number of hydrogen-bond donors (Lipinski definition) is 2. The summed E-state index contributed by atoms with van der Waals surface area (Å²) in [6, 6.07) is 16.8. The molecular weight excluding hydrogens is 464 g/mol. The minimum absolute atomic E-state index is 0.0330. The van der Waals surface area contributed by atoms with Gasteiger partial charge in [-0.25, -0.2) is 4.79 Å². The van der Waals surface area contributed by atoms with E-state index in [1.807, 2.05) is 12.1 Å². The van der Waals surface area contributed by atoms with Crippen LogP contribution in [0, 0.1) is 5.41 Å². The number of aliphatic imine (C=N–C) groups is 1. The van der Waals surface area contributed by atoms with Gasteiger partial charge in [0.15, 0.2) is 5.84 Å². The maximum Gasteiger partial charge on any atom is 0.335 e. The van der Waals surface area contributed by atoms with Crippen LogP contribution in [0.25, 0.3) is 17.4 Å². The number of nitrogens with zero attached hydrogens (tertiary/aromatic N) is 3. The molecule has 2 aliphatic heterocycles. The number of carboxylic acid groups (broad SMARTS) is 1. The zero-order valence-electron chi connectivity index (χ0n) is 16.7. The second-order valence-electron chi connectivity index (χ2n) is 6.99. The molecule has 3 heterocycles. The van der Waals surface area contributed by atoms with Crippen molar-refractivity contribution in [2.45, 2.75) is 0 Å². The van der Waals surface area contributed by atoms with Crippen molar-refractivity contribution >= 4 is 57.4 Å². The van der Waals surface area contributed by atoms with E-state index in [1.165, 1.54) is 35.0 Å². The van der Waals surface area contributed by atoms with Crippen LogP contribution in [0.4, 0.5) is 0 Å². The van der Waals surface area contributed by atoms with Gasteiger partial charge in [0, 0.05) is 11.1 Å². The van der Waals surface area contributed by atoms with E-state index in [9.17, 15) is 9.59 Å². The molecule has 0 radical (unpaired) electrons. The number of hydrazone groups is 1. The number of nitrogens with one attached hydrogen (secondary N) is 1. The number of carbonyl (C=O) groups excluding carboxylic acids is 1. The molecule has 162 valence electrons. The molecule has 0 saturated heterocycles. The maximum atomic E-state index is 12.6. The number of furan rings is 1. The Hall–Kier alpha value is -3.95. The number of amides is 1. The van der Waals surface area contributed by atoms with Gasteiger partial charge in [0.2, 0.25) is 5.17 Å². The summed E-state index contributed by atoms with van der Waals surface area (Å²) in [6.45, 7) is 0. The third-order valence-electron chi connectivity index (χ3n) is 4.89. The van der Waals surface area contributed by atoms with E-state index < -0.39 is 11.9 Å². The van der Waals surface area contributed by atoms with Crippen LogP contribution in [0.1, 0.15) is 21.7 Å². The van der Waals surface area contributed by atoms with Gasteiger partial charge in [-0.05, 0) is 48.2 Å². The van der Waals surface area contributed by atoms with Gasteiger partial charge in [-0.2, -0.15) is 15.1 Å². The van der Waals surface area contributed by atoms with Crippen LogP contribution in [-0.2, 0) is 4.79 Å². The molecule has 2 aromatic carbocycles. The van der Waals surface area contributed by atoms with Crippen LogP contribution in [0.3, 0.4) is 0 Å². The zero-order valence-corrected chi connectivity index (χ0v) is 18.2. The number of amidine groups is 2. The fourth-order valence-corrected chi connectivity index (χ4v) is 4.45. The highest BCUT2D eigenvalue weighted by molar-refractivity contribution is 8.27. The summed E-state index contributed by atoms with van der Waals surface area (Å²) in [4.78, 5) is 27.7. The lowest BCUT2D eigenvalue weighted by molar-refractivity contribution is -0.114. The molecule has 2 N–H and O–H groups in total. The fourth-order valence-electron chi connectivity index (χ4n) is 3.24. The molecule has 0 bridgehead atoms. The summed E-state index contributed by atoms with van der Waals surface area (Å²) in [5.41, 5.74) is 1.57. The predicted molar refractivity (Wildman–Crippen MR) is 127 cm³/mol. The largest absolute Gasteiger partial charge is 0.478 e.